The van der Waals surface area contributed by atoms with Crippen molar-refractivity contribution >= 4 is 11.5 Å². The van der Waals surface area contributed by atoms with Crippen molar-refractivity contribution in [1.82, 2.24) is 0 Å². The lowest BCUT2D eigenvalue weighted by Crippen LogP contribution is -2.09. The first-order valence-electron chi connectivity index (χ1n) is 4.54. The summed E-state index contributed by atoms with van der Waals surface area (Å²) in [4.78, 5) is 11.7. The number of methoxy groups -OCH3 is 1. The van der Waals surface area contributed by atoms with E-state index in [-0.39, 0.29) is 11.7 Å². The number of anilines is 1. The van der Waals surface area contributed by atoms with Crippen LogP contribution in [0.15, 0.2) is 18.2 Å². The Morgan fingerprint density at radius 3 is 2.57 bits per heavy atom. The quantitative estimate of drug-likeness (QED) is 0.591. The van der Waals surface area contributed by atoms with E-state index in [4.69, 9.17) is 10.5 Å². The maximum Gasteiger partial charge on any atom is 0.169 e. The zero-order valence-electron chi connectivity index (χ0n) is 8.70. The van der Waals surface area contributed by atoms with Crippen molar-refractivity contribution in [3.05, 3.63) is 23.8 Å². The number of carbonyl (C=O) groups excluding carboxylic acids is 1. The molecule has 0 amide bonds. The molecule has 0 aliphatic heterocycles. The lowest BCUT2D eigenvalue weighted by Gasteiger charge is -2.10. The Kier molecular flexibility index (Phi) is 3.12. The van der Waals surface area contributed by atoms with Gasteiger partial charge < -0.3 is 10.5 Å². The van der Waals surface area contributed by atoms with Crippen molar-refractivity contribution in [3.8, 4) is 5.75 Å². The van der Waals surface area contributed by atoms with Crippen LogP contribution in [0, 0.1) is 5.92 Å². The van der Waals surface area contributed by atoms with Crippen LogP contribution in [-0.4, -0.2) is 12.9 Å². The molecule has 0 atom stereocenters. The summed E-state index contributed by atoms with van der Waals surface area (Å²) >= 11 is 0. The summed E-state index contributed by atoms with van der Waals surface area (Å²) in [6, 6.07) is 5.09. The molecule has 0 spiro atoms. The molecule has 3 heteroatoms. The van der Waals surface area contributed by atoms with E-state index in [2.05, 4.69) is 0 Å². The molecule has 2 N–H and O–H groups in total. The van der Waals surface area contributed by atoms with Gasteiger partial charge in [-0.15, -0.1) is 0 Å². The second-order valence-electron chi connectivity index (χ2n) is 3.48. The third kappa shape index (κ3) is 2.05. The van der Waals surface area contributed by atoms with Crippen LogP contribution in [0.25, 0.3) is 0 Å². The van der Waals surface area contributed by atoms with Crippen molar-refractivity contribution in [2.75, 3.05) is 12.8 Å². The number of carbonyl (C=O) groups is 1. The molecule has 76 valence electrons. The fourth-order valence-corrected chi connectivity index (χ4v) is 1.23. The summed E-state index contributed by atoms with van der Waals surface area (Å²) in [5, 5.41) is 0. The molecular formula is C11H15NO2. The molecule has 0 saturated carbocycles. The summed E-state index contributed by atoms with van der Waals surface area (Å²) in [7, 11) is 1.54. The number of ether oxygens (including phenoxy) is 1. The molecule has 0 radical (unpaired) electrons. The van der Waals surface area contributed by atoms with Crippen molar-refractivity contribution in [2.24, 2.45) is 5.92 Å². The summed E-state index contributed by atoms with van der Waals surface area (Å²) in [5.41, 5.74) is 6.75. The van der Waals surface area contributed by atoms with Crippen molar-refractivity contribution in [1.29, 1.82) is 0 Å². The molecule has 0 unspecified atom stereocenters. The van der Waals surface area contributed by atoms with Gasteiger partial charge in [-0.2, -0.15) is 0 Å². The largest absolute Gasteiger partial charge is 0.496 e. The Hall–Kier alpha value is -1.51. The third-order valence-corrected chi connectivity index (χ3v) is 2.01. The van der Waals surface area contributed by atoms with Crippen LogP contribution >= 0.6 is 0 Å². The number of nitrogen functional groups attached to an aromatic ring is 1. The molecule has 0 fully saturated rings. The Morgan fingerprint density at radius 1 is 1.43 bits per heavy atom. The smallest absolute Gasteiger partial charge is 0.169 e. The van der Waals surface area contributed by atoms with E-state index in [9.17, 15) is 4.79 Å². The highest BCUT2D eigenvalue weighted by Crippen LogP contribution is 2.23. The lowest BCUT2D eigenvalue weighted by atomic mass is 10.00. The summed E-state index contributed by atoms with van der Waals surface area (Å²) in [5.74, 6) is 0.581. The fraction of sp³-hybridized carbons (Fsp3) is 0.364. The van der Waals surface area contributed by atoms with Gasteiger partial charge in [0.25, 0.3) is 0 Å². The molecule has 0 aromatic heterocycles. The van der Waals surface area contributed by atoms with Gasteiger partial charge in [-0.25, -0.2) is 0 Å². The SMILES string of the molecule is COc1ccc(N)cc1C(=O)C(C)C. The van der Waals surface area contributed by atoms with E-state index < -0.39 is 0 Å². The van der Waals surface area contributed by atoms with Crippen LogP contribution in [0.2, 0.25) is 0 Å². The highest BCUT2D eigenvalue weighted by Gasteiger charge is 2.15. The Labute approximate surface area is 83.9 Å². The first-order chi connectivity index (χ1) is 6.56. The molecule has 1 aromatic rings. The van der Waals surface area contributed by atoms with Gasteiger partial charge in [-0.3, -0.25) is 4.79 Å². The zero-order valence-corrected chi connectivity index (χ0v) is 8.70. The fourth-order valence-electron chi connectivity index (χ4n) is 1.23. The van der Waals surface area contributed by atoms with E-state index >= 15 is 0 Å². The van der Waals surface area contributed by atoms with Crippen LogP contribution in [0.3, 0.4) is 0 Å². The molecule has 1 rings (SSSR count). The van der Waals surface area contributed by atoms with E-state index in [0.717, 1.165) is 0 Å². The zero-order chi connectivity index (χ0) is 10.7. The first-order valence-corrected chi connectivity index (χ1v) is 4.54. The number of hydrogen-bond acceptors (Lipinski definition) is 3. The minimum atomic E-state index is -0.0503. The molecule has 0 saturated heterocycles. The predicted octanol–water partition coefficient (Wildman–Crippen LogP) is 2.12. The molecule has 0 bridgehead atoms. The maximum atomic E-state index is 11.7. The van der Waals surface area contributed by atoms with Gasteiger partial charge in [0.05, 0.1) is 12.7 Å². The van der Waals surface area contributed by atoms with Crippen molar-refractivity contribution in [2.45, 2.75) is 13.8 Å². The summed E-state index contributed by atoms with van der Waals surface area (Å²) < 4.78 is 5.10. The molecule has 0 aliphatic carbocycles. The molecule has 1 aromatic carbocycles. The molecule has 0 aliphatic rings. The first kappa shape index (κ1) is 10.6. The van der Waals surface area contributed by atoms with Crippen LogP contribution in [-0.2, 0) is 0 Å². The standard InChI is InChI=1S/C11H15NO2/c1-7(2)11(13)9-6-8(12)4-5-10(9)14-3/h4-7H,12H2,1-3H3. The Bertz CT molecular complexity index is 345. The number of ketones is 1. The van der Waals surface area contributed by atoms with Crippen molar-refractivity contribution < 1.29 is 9.53 Å². The number of Topliss-reactive ketones (excluding diaryl/α,β-unsaturated/α-hetero) is 1. The van der Waals surface area contributed by atoms with Gasteiger partial charge in [-0.1, -0.05) is 13.8 Å². The third-order valence-electron chi connectivity index (χ3n) is 2.01. The summed E-state index contributed by atoms with van der Waals surface area (Å²) in [6.07, 6.45) is 0. The monoisotopic (exact) mass is 193 g/mol. The van der Waals surface area contributed by atoms with E-state index in [1.54, 1.807) is 25.3 Å². The number of nitrogens with two attached hydrogens (primary N) is 1. The van der Waals surface area contributed by atoms with Gasteiger partial charge in [-0.05, 0) is 18.2 Å². The normalized spacial score (nSPS) is 10.3. The minimum absolute atomic E-state index is 0.0501. The van der Waals surface area contributed by atoms with E-state index in [0.29, 0.717) is 17.0 Å². The van der Waals surface area contributed by atoms with E-state index in [1.807, 2.05) is 13.8 Å². The van der Waals surface area contributed by atoms with Crippen LogP contribution < -0.4 is 10.5 Å². The number of hydrogen-bond donors (Lipinski definition) is 1. The Balaban J connectivity index is 3.17. The molecule has 14 heavy (non-hydrogen) atoms. The minimum Gasteiger partial charge on any atom is -0.496 e. The second-order valence-corrected chi connectivity index (χ2v) is 3.48. The average molecular weight is 193 g/mol. The van der Waals surface area contributed by atoms with E-state index in [1.165, 1.54) is 0 Å². The van der Waals surface area contributed by atoms with Crippen molar-refractivity contribution in [3.63, 3.8) is 0 Å². The van der Waals surface area contributed by atoms with Gasteiger partial charge >= 0.3 is 0 Å². The van der Waals surface area contributed by atoms with Gasteiger partial charge in [0.1, 0.15) is 5.75 Å². The summed E-state index contributed by atoms with van der Waals surface area (Å²) in [6.45, 7) is 3.70. The maximum absolute atomic E-state index is 11.7. The highest BCUT2D eigenvalue weighted by atomic mass is 16.5. The molecule has 0 heterocycles. The van der Waals surface area contributed by atoms with Crippen LogP contribution in [0.5, 0.6) is 5.75 Å². The van der Waals surface area contributed by atoms with Gasteiger partial charge in [0.15, 0.2) is 5.78 Å². The average Bonchev–Trinajstić information content (AvgIpc) is 2.16. The number of benzene rings is 1. The second kappa shape index (κ2) is 4.13. The molecule has 3 nitrogen and oxygen atoms in total. The van der Waals surface area contributed by atoms with Gasteiger partial charge in [0.2, 0.25) is 0 Å². The van der Waals surface area contributed by atoms with Crippen LogP contribution in [0.1, 0.15) is 24.2 Å². The van der Waals surface area contributed by atoms with Gasteiger partial charge in [0, 0.05) is 11.6 Å². The Morgan fingerprint density at radius 2 is 2.07 bits per heavy atom. The van der Waals surface area contributed by atoms with Crippen LogP contribution in [0.4, 0.5) is 5.69 Å². The predicted molar refractivity (Wildman–Crippen MR) is 56.6 cm³/mol. The highest BCUT2D eigenvalue weighted by molar-refractivity contribution is 6.00. The number of rotatable bonds is 3. The topological polar surface area (TPSA) is 52.3 Å². The molecular weight excluding hydrogens is 178 g/mol. The lowest BCUT2D eigenvalue weighted by molar-refractivity contribution is 0.0936.